The second-order valence-corrected chi connectivity index (χ2v) is 6.43. The predicted molar refractivity (Wildman–Crippen MR) is 98.2 cm³/mol. The summed E-state index contributed by atoms with van der Waals surface area (Å²) in [5, 5.41) is 11.7. The number of aromatic carboxylic acids is 1. The normalized spacial score (nSPS) is 14.0. The lowest BCUT2D eigenvalue weighted by molar-refractivity contribution is 0.0689. The van der Waals surface area contributed by atoms with Crippen LogP contribution in [0.15, 0.2) is 36.5 Å². The third kappa shape index (κ3) is 4.75. The molecule has 1 aromatic carbocycles. The van der Waals surface area contributed by atoms with Crippen molar-refractivity contribution in [2.75, 3.05) is 7.11 Å². The molecule has 0 aliphatic heterocycles. The number of carboxylic acids is 1. The molecule has 2 aromatic rings. The summed E-state index contributed by atoms with van der Waals surface area (Å²) in [6.45, 7) is 0.310. The Kier molecular flexibility index (Phi) is 5.90. The first kappa shape index (κ1) is 18.7. The van der Waals surface area contributed by atoms with Crippen LogP contribution in [0.4, 0.5) is 0 Å². The Morgan fingerprint density at radius 2 is 1.96 bits per heavy atom. The van der Waals surface area contributed by atoms with E-state index in [0.29, 0.717) is 23.6 Å². The minimum absolute atomic E-state index is 0.101. The minimum atomic E-state index is -1.13. The van der Waals surface area contributed by atoms with Crippen LogP contribution < -0.4 is 14.8 Å². The molecular formula is C20H22N2O5. The Labute approximate surface area is 157 Å². The van der Waals surface area contributed by atoms with Gasteiger partial charge in [0, 0.05) is 12.7 Å². The summed E-state index contributed by atoms with van der Waals surface area (Å²) in [4.78, 5) is 26.8. The lowest BCUT2D eigenvalue weighted by Crippen LogP contribution is -2.23. The average molecular weight is 370 g/mol. The SMILES string of the molecule is COc1ccc(CNC(=O)c2ccc(C(=O)O)nc2)cc1OC1CCCC1. The van der Waals surface area contributed by atoms with Crippen LogP contribution in [-0.2, 0) is 6.54 Å². The summed E-state index contributed by atoms with van der Waals surface area (Å²) in [6, 6.07) is 8.32. The zero-order valence-electron chi connectivity index (χ0n) is 15.1. The van der Waals surface area contributed by atoms with Gasteiger partial charge in [-0.25, -0.2) is 9.78 Å². The fraction of sp³-hybridized carbons (Fsp3) is 0.350. The molecule has 0 radical (unpaired) electrons. The Morgan fingerprint density at radius 1 is 1.19 bits per heavy atom. The molecule has 142 valence electrons. The van der Waals surface area contributed by atoms with Gasteiger partial charge in [-0.3, -0.25) is 4.79 Å². The molecule has 1 amide bonds. The minimum Gasteiger partial charge on any atom is -0.493 e. The summed E-state index contributed by atoms with van der Waals surface area (Å²) >= 11 is 0. The van der Waals surface area contributed by atoms with E-state index < -0.39 is 5.97 Å². The molecule has 1 fully saturated rings. The number of hydrogen-bond donors (Lipinski definition) is 2. The average Bonchev–Trinajstić information content (AvgIpc) is 3.19. The lowest BCUT2D eigenvalue weighted by atomic mass is 10.2. The first-order chi connectivity index (χ1) is 13.1. The van der Waals surface area contributed by atoms with Gasteiger partial charge in [-0.05, 0) is 55.5 Å². The highest BCUT2D eigenvalue weighted by Gasteiger charge is 2.19. The number of carbonyl (C=O) groups excluding carboxylic acids is 1. The molecule has 1 saturated carbocycles. The topological polar surface area (TPSA) is 97.8 Å². The molecule has 1 aliphatic carbocycles. The fourth-order valence-corrected chi connectivity index (χ4v) is 3.05. The highest BCUT2D eigenvalue weighted by atomic mass is 16.5. The Morgan fingerprint density at radius 3 is 2.59 bits per heavy atom. The van der Waals surface area contributed by atoms with Crippen molar-refractivity contribution in [2.45, 2.75) is 38.3 Å². The summed E-state index contributed by atoms with van der Waals surface area (Å²) in [6.07, 6.45) is 5.91. The van der Waals surface area contributed by atoms with E-state index in [4.69, 9.17) is 14.6 Å². The number of carboxylic acid groups (broad SMARTS) is 1. The van der Waals surface area contributed by atoms with Gasteiger partial charge in [-0.15, -0.1) is 0 Å². The largest absolute Gasteiger partial charge is 0.493 e. The zero-order chi connectivity index (χ0) is 19.2. The van der Waals surface area contributed by atoms with E-state index in [1.54, 1.807) is 7.11 Å². The van der Waals surface area contributed by atoms with Gasteiger partial charge in [0.15, 0.2) is 11.5 Å². The van der Waals surface area contributed by atoms with E-state index in [9.17, 15) is 9.59 Å². The van der Waals surface area contributed by atoms with Gasteiger partial charge in [-0.1, -0.05) is 6.07 Å². The van der Waals surface area contributed by atoms with Crippen LogP contribution in [-0.4, -0.2) is 35.2 Å². The van der Waals surface area contributed by atoms with Crippen LogP contribution in [0.1, 0.15) is 52.1 Å². The molecule has 0 atom stereocenters. The number of hydrogen-bond acceptors (Lipinski definition) is 5. The number of benzene rings is 1. The van der Waals surface area contributed by atoms with Crippen molar-refractivity contribution in [3.63, 3.8) is 0 Å². The number of nitrogens with zero attached hydrogens (tertiary/aromatic N) is 1. The van der Waals surface area contributed by atoms with Gasteiger partial charge >= 0.3 is 5.97 Å². The number of carbonyl (C=O) groups is 2. The number of amides is 1. The van der Waals surface area contributed by atoms with E-state index in [2.05, 4.69) is 10.3 Å². The van der Waals surface area contributed by atoms with Gasteiger partial charge in [0.05, 0.1) is 18.8 Å². The van der Waals surface area contributed by atoms with Gasteiger partial charge in [0.2, 0.25) is 0 Å². The van der Waals surface area contributed by atoms with E-state index in [1.807, 2.05) is 18.2 Å². The van der Waals surface area contributed by atoms with Crippen molar-refractivity contribution >= 4 is 11.9 Å². The first-order valence-electron chi connectivity index (χ1n) is 8.88. The summed E-state index contributed by atoms with van der Waals surface area (Å²) in [5.41, 5.74) is 1.08. The van der Waals surface area contributed by atoms with Crippen LogP contribution in [0.2, 0.25) is 0 Å². The van der Waals surface area contributed by atoms with Gasteiger partial charge < -0.3 is 19.9 Å². The van der Waals surface area contributed by atoms with Gasteiger partial charge in [0.1, 0.15) is 5.69 Å². The number of ether oxygens (including phenoxy) is 2. The molecule has 1 aliphatic rings. The second kappa shape index (κ2) is 8.53. The van der Waals surface area contributed by atoms with Crippen LogP contribution >= 0.6 is 0 Å². The second-order valence-electron chi connectivity index (χ2n) is 6.43. The molecule has 2 N–H and O–H groups in total. The summed E-state index contributed by atoms with van der Waals surface area (Å²) < 4.78 is 11.4. The number of nitrogens with one attached hydrogen (secondary N) is 1. The molecule has 27 heavy (non-hydrogen) atoms. The molecule has 0 saturated heterocycles. The Hall–Kier alpha value is -3.09. The molecule has 1 aromatic heterocycles. The predicted octanol–water partition coefficient (Wildman–Crippen LogP) is 3.04. The maximum absolute atomic E-state index is 12.2. The van der Waals surface area contributed by atoms with Crippen molar-refractivity contribution in [3.8, 4) is 11.5 Å². The van der Waals surface area contributed by atoms with E-state index in [1.165, 1.54) is 31.2 Å². The van der Waals surface area contributed by atoms with Crippen molar-refractivity contribution in [1.82, 2.24) is 10.3 Å². The molecule has 7 heteroatoms. The van der Waals surface area contributed by atoms with Gasteiger partial charge in [-0.2, -0.15) is 0 Å². The third-order valence-corrected chi connectivity index (χ3v) is 4.52. The van der Waals surface area contributed by atoms with Crippen LogP contribution in [0, 0.1) is 0 Å². The number of rotatable bonds is 7. The quantitative estimate of drug-likeness (QED) is 0.777. The summed E-state index contributed by atoms with van der Waals surface area (Å²) in [5.74, 6) is -0.0995. The van der Waals surface area contributed by atoms with Gasteiger partial charge in [0.25, 0.3) is 5.91 Å². The van der Waals surface area contributed by atoms with E-state index in [0.717, 1.165) is 18.4 Å². The first-order valence-corrected chi connectivity index (χ1v) is 8.88. The number of methoxy groups -OCH3 is 1. The van der Waals surface area contributed by atoms with Crippen molar-refractivity contribution in [3.05, 3.63) is 53.3 Å². The molecule has 0 unspecified atom stereocenters. The molecule has 3 rings (SSSR count). The zero-order valence-corrected chi connectivity index (χ0v) is 15.1. The summed E-state index contributed by atoms with van der Waals surface area (Å²) in [7, 11) is 1.60. The maximum atomic E-state index is 12.2. The number of pyridine rings is 1. The smallest absolute Gasteiger partial charge is 0.354 e. The Balaban J connectivity index is 1.64. The maximum Gasteiger partial charge on any atom is 0.354 e. The van der Waals surface area contributed by atoms with Crippen LogP contribution in [0.3, 0.4) is 0 Å². The molecule has 0 bridgehead atoms. The molecule has 0 spiro atoms. The standard InChI is InChI=1S/C20H22N2O5/c1-26-17-9-6-13(10-18(17)27-15-4-2-3-5-15)11-22-19(23)14-7-8-16(20(24)25)21-12-14/h6-10,12,15H,2-5,11H2,1H3,(H,22,23)(H,24,25). The fourth-order valence-electron chi connectivity index (χ4n) is 3.05. The molecule has 1 heterocycles. The molecular weight excluding hydrogens is 348 g/mol. The van der Waals surface area contributed by atoms with Crippen molar-refractivity contribution in [1.29, 1.82) is 0 Å². The lowest BCUT2D eigenvalue weighted by Gasteiger charge is -2.17. The van der Waals surface area contributed by atoms with E-state index >= 15 is 0 Å². The monoisotopic (exact) mass is 370 g/mol. The molecule has 7 nitrogen and oxygen atoms in total. The number of aromatic nitrogens is 1. The van der Waals surface area contributed by atoms with Crippen molar-refractivity contribution in [2.24, 2.45) is 0 Å². The van der Waals surface area contributed by atoms with E-state index in [-0.39, 0.29) is 17.7 Å². The van der Waals surface area contributed by atoms with Crippen LogP contribution in [0.5, 0.6) is 11.5 Å². The van der Waals surface area contributed by atoms with Crippen molar-refractivity contribution < 1.29 is 24.2 Å². The van der Waals surface area contributed by atoms with Crippen LogP contribution in [0.25, 0.3) is 0 Å². The highest BCUT2D eigenvalue weighted by molar-refractivity contribution is 5.94. The Bertz CT molecular complexity index is 814. The third-order valence-electron chi connectivity index (χ3n) is 4.52. The highest BCUT2D eigenvalue weighted by Crippen LogP contribution is 2.32.